The number of esters is 2. The number of rotatable bonds is 5. The molecular formula is C20H16N2O6. The van der Waals surface area contributed by atoms with Gasteiger partial charge in [0.05, 0.1) is 0 Å². The Labute approximate surface area is 158 Å². The summed E-state index contributed by atoms with van der Waals surface area (Å²) in [7, 11) is 0. The van der Waals surface area contributed by atoms with Crippen molar-refractivity contribution in [1.29, 1.82) is 0 Å². The minimum Gasteiger partial charge on any atom is -0.422 e. The maximum absolute atomic E-state index is 12.2. The summed E-state index contributed by atoms with van der Waals surface area (Å²) >= 11 is 0. The molecule has 2 aromatic heterocycles. The summed E-state index contributed by atoms with van der Waals surface area (Å²) in [6, 6.07) is 14.2. The minimum atomic E-state index is -2.11. The first-order valence-corrected chi connectivity index (χ1v) is 8.46. The lowest BCUT2D eigenvalue weighted by atomic mass is 10.2. The van der Waals surface area contributed by atoms with E-state index in [1.807, 2.05) is 12.1 Å². The maximum Gasteiger partial charge on any atom is 0.343 e. The van der Waals surface area contributed by atoms with Crippen molar-refractivity contribution in [2.75, 3.05) is 0 Å². The van der Waals surface area contributed by atoms with Gasteiger partial charge in [-0.3, -0.25) is 0 Å². The number of aromatic amines is 2. The van der Waals surface area contributed by atoms with Gasteiger partial charge in [0.15, 0.2) is 23.7 Å². The molecule has 2 unspecified atom stereocenters. The lowest BCUT2D eigenvalue weighted by molar-refractivity contribution is -0.162. The molecular weight excluding hydrogens is 364 g/mol. The van der Waals surface area contributed by atoms with Crippen molar-refractivity contribution in [2.24, 2.45) is 0 Å². The second kappa shape index (κ2) is 7.18. The highest BCUT2D eigenvalue weighted by Gasteiger charge is 2.34. The van der Waals surface area contributed by atoms with Crippen LogP contribution in [0.15, 0.2) is 60.9 Å². The van der Waals surface area contributed by atoms with Gasteiger partial charge in [0.1, 0.15) is 0 Å². The average molecular weight is 380 g/mol. The molecule has 0 aliphatic carbocycles. The summed E-state index contributed by atoms with van der Waals surface area (Å²) in [6.07, 6.45) is -1.31. The van der Waals surface area contributed by atoms with E-state index < -0.39 is 24.1 Å². The predicted octanol–water partition coefficient (Wildman–Crippen LogP) is 1.88. The zero-order chi connectivity index (χ0) is 19.7. The Morgan fingerprint density at radius 3 is 1.54 bits per heavy atom. The Hall–Kier alpha value is -3.62. The van der Waals surface area contributed by atoms with Crippen LogP contribution in [0.25, 0.3) is 21.8 Å². The van der Waals surface area contributed by atoms with Gasteiger partial charge in [0.25, 0.3) is 0 Å². The molecule has 4 N–H and O–H groups in total. The summed E-state index contributed by atoms with van der Waals surface area (Å²) in [6.45, 7) is 0. The zero-order valence-corrected chi connectivity index (χ0v) is 14.5. The van der Waals surface area contributed by atoms with Crippen molar-refractivity contribution >= 4 is 33.7 Å². The largest absolute Gasteiger partial charge is 0.422 e. The van der Waals surface area contributed by atoms with E-state index in [0.29, 0.717) is 10.8 Å². The van der Waals surface area contributed by atoms with E-state index in [9.17, 15) is 19.8 Å². The van der Waals surface area contributed by atoms with Crippen LogP contribution >= 0.6 is 0 Å². The first-order chi connectivity index (χ1) is 13.5. The van der Waals surface area contributed by atoms with Crippen LogP contribution < -0.4 is 9.47 Å². The second-order valence-corrected chi connectivity index (χ2v) is 6.13. The van der Waals surface area contributed by atoms with Crippen LogP contribution in [0.2, 0.25) is 0 Å². The molecule has 4 rings (SSSR count). The number of fused-ring (bicyclic) bond motifs is 2. The number of benzene rings is 2. The van der Waals surface area contributed by atoms with Gasteiger partial charge in [-0.2, -0.15) is 0 Å². The summed E-state index contributed by atoms with van der Waals surface area (Å²) in [5, 5.41) is 21.3. The smallest absolute Gasteiger partial charge is 0.343 e. The third-order valence-electron chi connectivity index (χ3n) is 4.31. The Morgan fingerprint density at radius 2 is 1.11 bits per heavy atom. The van der Waals surface area contributed by atoms with Crippen LogP contribution in [0.5, 0.6) is 11.5 Å². The summed E-state index contributed by atoms with van der Waals surface area (Å²) in [4.78, 5) is 30.1. The molecule has 0 aliphatic rings. The molecule has 2 atom stereocenters. The summed E-state index contributed by atoms with van der Waals surface area (Å²) < 4.78 is 10.2. The highest BCUT2D eigenvalue weighted by atomic mass is 16.6. The van der Waals surface area contributed by atoms with Gasteiger partial charge in [-0.05, 0) is 24.3 Å². The SMILES string of the molecule is O=C(Oc1c[nH]c2ccccc12)C(O)C(O)C(=O)Oc1c[nH]c2ccccc12. The number of nitrogens with one attached hydrogen (secondary N) is 2. The molecule has 0 amide bonds. The number of ether oxygens (including phenoxy) is 2. The highest BCUT2D eigenvalue weighted by Crippen LogP contribution is 2.26. The quantitative estimate of drug-likeness (QED) is 0.392. The topological polar surface area (TPSA) is 125 Å². The van der Waals surface area contributed by atoms with Crippen LogP contribution in [0.4, 0.5) is 0 Å². The molecule has 4 aromatic rings. The normalized spacial score (nSPS) is 13.4. The van der Waals surface area contributed by atoms with Gasteiger partial charge in [-0.25, -0.2) is 9.59 Å². The van der Waals surface area contributed by atoms with Crippen LogP contribution in [0.1, 0.15) is 0 Å². The molecule has 0 saturated carbocycles. The summed E-state index contributed by atoms with van der Waals surface area (Å²) in [5.74, 6) is -1.99. The second-order valence-electron chi connectivity index (χ2n) is 6.13. The fraction of sp³-hybridized carbons (Fsp3) is 0.100. The van der Waals surface area contributed by atoms with Gasteiger partial charge in [0.2, 0.25) is 0 Å². The van der Waals surface area contributed by atoms with E-state index >= 15 is 0 Å². The van der Waals surface area contributed by atoms with Gasteiger partial charge < -0.3 is 29.7 Å². The standard InChI is InChI=1S/C20H16N2O6/c23-17(19(25)27-15-9-21-13-7-3-1-5-11(13)15)18(24)20(26)28-16-10-22-14-8-4-2-6-12(14)16/h1-10,17-18,21-24H. The van der Waals surface area contributed by atoms with E-state index in [4.69, 9.17) is 9.47 Å². The Kier molecular flexibility index (Phi) is 4.56. The van der Waals surface area contributed by atoms with E-state index in [1.165, 1.54) is 12.4 Å². The monoisotopic (exact) mass is 380 g/mol. The van der Waals surface area contributed by atoms with E-state index in [0.717, 1.165) is 11.0 Å². The molecule has 28 heavy (non-hydrogen) atoms. The van der Waals surface area contributed by atoms with Crippen LogP contribution in [0.3, 0.4) is 0 Å². The number of aromatic nitrogens is 2. The van der Waals surface area contributed by atoms with Crippen molar-refractivity contribution in [2.45, 2.75) is 12.2 Å². The number of hydrogen-bond acceptors (Lipinski definition) is 6. The lowest BCUT2D eigenvalue weighted by Crippen LogP contribution is -2.43. The van der Waals surface area contributed by atoms with Crippen LogP contribution in [-0.2, 0) is 9.59 Å². The number of hydrogen-bond donors (Lipinski definition) is 4. The molecule has 0 spiro atoms. The van der Waals surface area contributed by atoms with Crippen molar-refractivity contribution in [3.8, 4) is 11.5 Å². The fourth-order valence-corrected chi connectivity index (χ4v) is 2.85. The third kappa shape index (κ3) is 3.22. The van der Waals surface area contributed by atoms with Crippen molar-refractivity contribution in [3.63, 3.8) is 0 Å². The van der Waals surface area contributed by atoms with Crippen molar-refractivity contribution in [1.82, 2.24) is 9.97 Å². The van der Waals surface area contributed by atoms with E-state index in [1.54, 1.807) is 36.4 Å². The number of aliphatic hydroxyl groups is 2. The highest BCUT2D eigenvalue weighted by molar-refractivity contribution is 5.93. The Bertz CT molecular complexity index is 1070. The van der Waals surface area contributed by atoms with Gasteiger partial charge in [-0.1, -0.05) is 24.3 Å². The van der Waals surface area contributed by atoms with Gasteiger partial charge >= 0.3 is 11.9 Å². The van der Waals surface area contributed by atoms with Crippen molar-refractivity contribution in [3.05, 3.63) is 60.9 Å². The third-order valence-corrected chi connectivity index (χ3v) is 4.31. The fourth-order valence-electron chi connectivity index (χ4n) is 2.85. The van der Waals surface area contributed by atoms with Gasteiger partial charge in [0, 0.05) is 34.2 Å². The molecule has 8 nitrogen and oxygen atoms in total. The van der Waals surface area contributed by atoms with Crippen LogP contribution in [0, 0.1) is 0 Å². The predicted molar refractivity (Wildman–Crippen MR) is 99.9 cm³/mol. The van der Waals surface area contributed by atoms with Gasteiger partial charge in [-0.15, -0.1) is 0 Å². The first-order valence-electron chi connectivity index (χ1n) is 8.46. The molecule has 142 valence electrons. The Balaban J connectivity index is 1.45. The molecule has 0 radical (unpaired) electrons. The Morgan fingerprint density at radius 1 is 0.714 bits per heavy atom. The number of carbonyl (C=O) groups excluding carboxylic acids is 2. The number of aliphatic hydroxyl groups excluding tert-OH is 2. The average Bonchev–Trinajstić information content (AvgIpc) is 3.31. The summed E-state index contributed by atoms with van der Waals surface area (Å²) in [5.41, 5.74) is 1.47. The molecule has 2 heterocycles. The van der Waals surface area contributed by atoms with E-state index in [2.05, 4.69) is 9.97 Å². The zero-order valence-electron chi connectivity index (χ0n) is 14.5. The molecule has 0 fully saturated rings. The number of carbonyl (C=O) groups is 2. The number of H-pyrrole nitrogens is 2. The minimum absolute atomic E-state index is 0.178. The number of para-hydroxylation sites is 2. The first kappa shape index (κ1) is 17.8. The lowest BCUT2D eigenvalue weighted by Gasteiger charge is -2.15. The van der Waals surface area contributed by atoms with Crippen LogP contribution in [-0.4, -0.2) is 44.3 Å². The molecule has 8 heteroatoms. The maximum atomic E-state index is 12.2. The molecule has 0 bridgehead atoms. The molecule has 0 aliphatic heterocycles. The van der Waals surface area contributed by atoms with Crippen molar-refractivity contribution < 1.29 is 29.3 Å². The molecule has 0 saturated heterocycles. The molecule has 2 aromatic carbocycles. The van der Waals surface area contributed by atoms with E-state index in [-0.39, 0.29) is 11.5 Å².